The number of pyridine rings is 4. The highest BCUT2D eigenvalue weighted by Crippen LogP contribution is 2.43. The second kappa shape index (κ2) is 35.6. The van der Waals surface area contributed by atoms with Crippen LogP contribution in [0.1, 0.15) is 106 Å². The molecule has 1 amide bonds. The number of carboxylic acid groups (broad SMARTS) is 1. The predicted octanol–water partition coefficient (Wildman–Crippen LogP) is 16.7. The smallest absolute Gasteiger partial charge is 0.309 e. The molecule has 3 atom stereocenters. The maximum absolute atomic E-state index is 12.2. The standard InChI is InChI=1S/C27H26N6O2.C27H23N5O2.C24H22N6O2S.C23H23N7O/c1-17(34)27(35)32-13-10-19(11-14-32)24-21-9-12-28-25(21)33-26(31-24)22(16-30-33)20-7-8-23(29-15-20)18-5-3-2-4-6-18;1-27(26(33)34)12-9-18(10-13-27)23-20-11-14-28-24(20)32-25(31-23)21(16-30-32)19-7-8-22(29-15-19)17-5-3-2-4-6-17;1-33(31,32)29-12-10-18(15-29)22-19-9-11-25-23(19)30-24(28-22)20(14-27-30)17-7-8-21(26-13-17)16-5-3-2-4-6-16;1-14-21-20(13-24-17-6-8-31-9-7-17)27-22-18(12-26-30(22)23(21)29-28-14)16-10-15-4-2-3-5-19(15)25-11-16/h2-9,12,15-17,19,28,34H,10-11,13-14H2,1H3;2-9,11,14-16,28H,10,12-13H2,1H3,(H,33,34);2-9,11,13-14,18,25H,10,12,15H2,1H3;2-5,10-12,17,24H,6-9,13H2,1H3,(H,28,29)/t17-;;;/m1.../s1. The summed E-state index contributed by atoms with van der Waals surface area (Å²) < 4.78 is 38.4. The van der Waals surface area contributed by atoms with Crippen LogP contribution in [0.3, 0.4) is 0 Å². The maximum atomic E-state index is 12.2. The third-order valence-corrected chi connectivity index (χ3v) is 27.4. The van der Waals surface area contributed by atoms with E-state index in [0.29, 0.717) is 58.0 Å². The van der Waals surface area contributed by atoms with Crippen molar-refractivity contribution in [2.75, 3.05) is 45.6 Å². The number of aliphatic carboxylic acids is 1. The van der Waals surface area contributed by atoms with Crippen LogP contribution in [0.2, 0.25) is 0 Å². The van der Waals surface area contributed by atoms with E-state index in [1.807, 2.05) is 264 Å². The number of H-pyrrole nitrogens is 4. The van der Waals surface area contributed by atoms with Crippen LogP contribution in [0.5, 0.6) is 0 Å². The zero-order chi connectivity index (χ0) is 90.6. The van der Waals surface area contributed by atoms with E-state index in [1.54, 1.807) is 4.90 Å². The number of aliphatic hydroxyl groups is 1. The van der Waals surface area contributed by atoms with E-state index in [9.17, 15) is 28.2 Å². The number of fused-ring (bicyclic) bond motifs is 13. The molecule has 4 aromatic carbocycles. The fourth-order valence-corrected chi connectivity index (χ4v) is 19.6. The number of rotatable bonds is 16. The molecule has 19 heterocycles. The van der Waals surface area contributed by atoms with Crippen molar-refractivity contribution in [1.29, 1.82) is 0 Å². The number of benzene rings is 4. The minimum atomic E-state index is -3.22. The lowest BCUT2D eigenvalue weighted by Crippen LogP contribution is -2.42. The van der Waals surface area contributed by atoms with Gasteiger partial charge in [0.25, 0.3) is 5.91 Å². The van der Waals surface area contributed by atoms with Crippen molar-refractivity contribution in [1.82, 2.24) is 118 Å². The molecule has 24 rings (SSSR count). The zero-order valence-corrected chi connectivity index (χ0v) is 74.2. The molecule has 0 bridgehead atoms. The number of carbonyl (C=O) groups excluding carboxylic acids is 1. The fourth-order valence-electron chi connectivity index (χ4n) is 18.7. The minimum absolute atomic E-state index is 0.0318. The molecule has 16 aromatic heterocycles. The third-order valence-electron chi connectivity index (χ3n) is 26.2. The largest absolute Gasteiger partial charge is 0.481 e. The number of ether oxygens (including phenoxy) is 1. The van der Waals surface area contributed by atoms with Crippen LogP contribution in [0, 0.1) is 12.3 Å². The number of aryl methyl sites for hydroxylation is 1. The third kappa shape index (κ3) is 16.5. The molecule has 32 heteroatoms. The summed E-state index contributed by atoms with van der Waals surface area (Å²) >= 11 is 0. The molecule has 7 N–H and O–H groups in total. The Morgan fingerprint density at radius 2 is 1.02 bits per heavy atom. The SMILES string of the molecule is CC1(C(=O)O)CC=C(c2nc3c(-c4ccc(-c5ccccc5)nc4)cnn3c3[nH]ccc23)CC1.CS(=O)(=O)N1CCC(c2nc3c(-c4ccc(-c5ccccc5)nc4)cnn3c3[nH]ccc23)C1.C[C@@H](O)C(=O)N1CCC(c2nc3c(-c4ccc(-c5ccccc5)nc4)cnn3c3[nH]ccc23)CC1.Cc1[nH]nc2c1c(CNC1CCOCC1)nc1c(-c3cnc4ccccc4c3)cnn12. The summed E-state index contributed by atoms with van der Waals surface area (Å²) in [5.74, 6) is -0.701. The number of allylic oxidation sites excluding steroid dienone is 2. The lowest BCUT2D eigenvalue weighted by molar-refractivity contribution is -0.148. The first-order chi connectivity index (χ1) is 64.9. The number of para-hydroxylation sites is 1. The number of amides is 1. The van der Waals surface area contributed by atoms with Gasteiger partial charge in [0.05, 0.1) is 87.2 Å². The van der Waals surface area contributed by atoms with E-state index in [4.69, 9.17) is 24.7 Å². The minimum Gasteiger partial charge on any atom is -0.481 e. The van der Waals surface area contributed by atoms with Gasteiger partial charge in [0.2, 0.25) is 10.0 Å². The maximum Gasteiger partial charge on any atom is 0.309 e. The molecule has 31 nitrogen and oxygen atoms in total. The van der Waals surface area contributed by atoms with Crippen LogP contribution in [0.4, 0.5) is 0 Å². The summed E-state index contributed by atoms with van der Waals surface area (Å²) in [6, 6.07) is 59.2. The van der Waals surface area contributed by atoms with Gasteiger partial charge < -0.3 is 40.1 Å². The summed E-state index contributed by atoms with van der Waals surface area (Å²) in [5, 5.41) is 54.1. The molecule has 666 valence electrons. The van der Waals surface area contributed by atoms with Gasteiger partial charge in [0.15, 0.2) is 28.2 Å². The van der Waals surface area contributed by atoms with Gasteiger partial charge in [-0.25, -0.2) is 32.7 Å². The van der Waals surface area contributed by atoms with Gasteiger partial charge in [-0.15, -0.1) is 0 Å². The van der Waals surface area contributed by atoms with E-state index in [0.717, 1.165) is 235 Å². The molecular formula is C101H94N24O7S. The second-order valence-electron chi connectivity index (χ2n) is 34.7. The summed E-state index contributed by atoms with van der Waals surface area (Å²) in [6.07, 6.45) is 29.0. The van der Waals surface area contributed by atoms with Gasteiger partial charge in [0, 0.05) is 196 Å². The van der Waals surface area contributed by atoms with Gasteiger partial charge in [-0.1, -0.05) is 133 Å². The highest BCUT2D eigenvalue weighted by Gasteiger charge is 2.37. The Kier molecular flexibility index (Phi) is 22.6. The fraction of sp³-hybridized carbons (Fsp3) is 0.238. The number of likely N-dealkylation sites (tertiary alicyclic amines) is 1. The summed E-state index contributed by atoms with van der Waals surface area (Å²) in [4.78, 5) is 74.4. The molecule has 1 aliphatic carbocycles. The Morgan fingerprint density at radius 3 is 1.52 bits per heavy atom. The van der Waals surface area contributed by atoms with E-state index in [2.05, 4.69) is 89.0 Å². The molecule has 3 aliphatic heterocycles. The van der Waals surface area contributed by atoms with Gasteiger partial charge in [0.1, 0.15) is 23.0 Å². The molecule has 3 fully saturated rings. The van der Waals surface area contributed by atoms with Crippen molar-refractivity contribution in [3.05, 3.63) is 279 Å². The van der Waals surface area contributed by atoms with Gasteiger partial charge in [-0.05, 0) is 126 Å². The van der Waals surface area contributed by atoms with E-state index in [1.165, 1.54) is 17.5 Å². The van der Waals surface area contributed by atoms with Crippen molar-refractivity contribution in [2.24, 2.45) is 5.41 Å². The van der Waals surface area contributed by atoms with E-state index in [-0.39, 0.29) is 17.7 Å². The van der Waals surface area contributed by atoms with Crippen LogP contribution >= 0.6 is 0 Å². The number of nitrogens with one attached hydrogen (secondary N) is 5. The van der Waals surface area contributed by atoms with Crippen molar-refractivity contribution in [2.45, 2.75) is 103 Å². The predicted molar refractivity (Wildman–Crippen MR) is 511 cm³/mol. The number of aliphatic hydroxyl groups excluding tert-OH is 1. The lowest BCUT2D eigenvalue weighted by atomic mass is 9.76. The Labute approximate surface area is 762 Å². The van der Waals surface area contributed by atoms with Crippen molar-refractivity contribution in [3.8, 4) is 78.3 Å². The Hall–Kier alpha value is -15.2. The number of hydrogen-bond donors (Lipinski definition) is 7. The molecule has 0 spiro atoms. The molecule has 0 saturated carbocycles. The first-order valence-electron chi connectivity index (χ1n) is 44.7. The number of sulfonamides is 1. The summed E-state index contributed by atoms with van der Waals surface area (Å²) in [7, 11) is -3.22. The van der Waals surface area contributed by atoms with E-state index < -0.39 is 27.5 Å². The van der Waals surface area contributed by atoms with Crippen LogP contribution in [0.25, 0.3) is 161 Å². The number of aromatic amines is 4. The highest BCUT2D eigenvalue weighted by molar-refractivity contribution is 7.88. The molecule has 0 radical (unpaired) electrons. The topological polar surface area (TPSA) is 385 Å². The van der Waals surface area contributed by atoms with Crippen LogP contribution in [0.15, 0.2) is 250 Å². The quantitative estimate of drug-likeness (QED) is 0.0472. The molecule has 20 aromatic rings. The highest BCUT2D eigenvalue weighted by atomic mass is 32.2. The van der Waals surface area contributed by atoms with E-state index >= 15 is 0 Å². The lowest BCUT2D eigenvalue weighted by Gasteiger charge is -2.32. The van der Waals surface area contributed by atoms with Crippen molar-refractivity contribution < 1.29 is 33.0 Å². The monoisotopic (exact) mass is 1790 g/mol. The first-order valence-corrected chi connectivity index (χ1v) is 46.6. The van der Waals surface area contributed by atoms with Crippen LogP contribution < -0.4 is 5.32 Å². The summed E-state index contributed by atoms with van der Waals surface area (Å²) in [5.41, 5.74) is 26.0. The molecular weight excluding hydrogens is 1690 g/mol. The van der Waals surface area contributed by atoms with Crippen molar-refractivity contribution in [3.63, 3.8) is 0 Å². The van der Waals surface area contributed by atoms with Crippen LogP contribution in [-0.4, -0.2) is 201 Å². The number of carbonyl (C=O) groups is 2. The van der Waals surface area contributed by atoms with Gasteiger partial charge >= 0.3 is 5.97 Å². The average molecular weight is 1790 g/mol. The Morgan fingerprint density at radius 1 is 0.534 bits per heavy atom. The molecule has 133 heavy (non-hydrogen) atoms. The number of aromatic nitrogens is 21. The number of carboxylic acids is 1. The number of piperidine rings is 1. The first kappa shape index (κ1) is 84.6. The van der Waals surface area contributed by atoms with Gasteiger partial charge in [-0.2, -0.15) is 43.6 Å². The molecule has 4 aliphatic rings. The normalized spacial score (nSPS) is 16.7. The molecule has 2 unspecified atom stereocenters. The van der Waals surface area contributed by atoms with Crippen LogP contribution in [-0.2, 0) is 30.9 Å². The Bertz CT molecular complexity index is 7890. The second-order valence-corrected chi connectivity index (χ2v) is 36.7. The summed E-state index contributed by atoms with van der Waals surface area (Å²) in [6.45, 7) is 9.85. The zero-order valence-electron chi connectivity index (χ0n) is 73.4. The Balaban J connectivity index is 0.000000107. The molecule has 3 saturated heterocycles. The number of nitrogens with zero attached hydrogens (tertiary/aromatic N) is 19. The number of hydrogen-bond acceptors (Lipinski definition) is 20. The van der Waals surface area contributed by atoms with Gasteiger partial charge in [-0.3, -0.25) is 34.6 Å². The van der Waals surface area contributed by atoms with Crippen molar-refractivity contribution >= 4 is 105 Å². The average Bonchev–Trinajstić information content (AvgIpc) is 1.62.